The standard InChI is InChI=1S/C9H13BO3.C9H11BrO.C9H12O.C8H10O.CH3I.CH2O3.BHNS.2K.H/c1-3-7-6-8(13-2)4-5-9(7)10(11)12;1-3-7-6-8(11-2)4-5-9(7)10;1-3-8-5-4-6-9(7-8)10-2;1-2-7-4-3-5-8(9)6-7;1-2;2-1-4-3;1-2-3;;;/h4-6,11-12H,3H2,1-2H3;4-6H,3H2,1-2H3;4-7H,3H2,1-2H3;3-6,9H,2H2,1H3;1H3;1,3H;3H;;;/q;;;;;;;2*+1;-1/p-1. The zero-order valence-corrected chi connectivity index (χ0v) is 44.0. The Balaban J connectivity index is -0.000000134. The summed E-state index contributed by atoms with van der Waals surface area (Å²) >= 11 is 8.81. The Kier molecular flexibility index (Phi) is 52.0. The molecule has 0 aliphatic carbocycles. The molecule has 0 saturated heterocycles. The summed E-state index contributed by atoms with van der Waals surface area (Å²) in [7, 11) is 7.89. The molecule has 0 atom stereocenters. The predicted molar refractivity (Wildman–Crippen MR) is 227 cm³/mol. The molecule has 0 bridgehead atoms. The van der Waals surface area contributed by atoms with E-state index in [0.29, 0.717) is 11.2 Å². The second kappa shape index (κ2) is 44.3. The number of thiol groups is 1. The van der Waals surface area contributed by atoms with E-state index in [0.717, 1.165) is 53.0 Å². The number of hydrogen-bond acceptors (Lipinski definition) is 11. The summed E-state index contributed by atoms with van der Waals surface area (Å²) in [4.78, 5) is 13.2. The smallest absolute Gasteiger partial charge is 1.00 e. The molecule has 0 aliphatic rings. The fourth-order valence-electron chi connectivity index (χ4n) is 3.88. The average Bonchev–Trinajstić information content (AvgIpc) is 3.19. The van der Waals surface area contributed by atoms with Crippen LogP contribution < -0.4 is 128 Å². The third-order valence-electron chi connectivity index (χ3n) is 6.54. The number of methoxy groups -OCH3 is 3. The molecule has 287 valence electrons. The van der Waals surface area contributed by atoms with Gasteiger partial charge in [0.2, 0.25) is 0 Å². The third kappa shape index (κ3) is 32.2. The quantitative estimate of drug-likeness (QED) is 0.0366. The van der Waals surface area contributed by atoms with Crippen molar-refractivity contribution in [1.29, 1.82) is 0 Å². The molecule has 0 aliphatic heterocycles. The van der Waals surface area contributed by atoms with E-state index in [1.54, 1.807) is 45.6 Å². The summed E-state index contributed by atoms with van der Waals surface area (Å²) in [6, 6.07) is 26.6. The fourth-order valence-corrected chi connectivity index (χ4v) is 4.41. The Hall–Kier alpha value is 0.193. The minimum Gasteiger partial charge on any atom is -1.00 e. The van der Waals surface area contributed by atoms with Crippen LogP contribution in [0.3, 0.4) is 0 Å². The van der Waals surface area contributed by atoms with Gasteiger partial charge in [0.25, 0.3) is 6.47 Å². The minimum atomic E-state index is -1.40. The molecule has 4 rings (SSSR count). The van der Waals surface area contributed by atoms with Crippen LogP contribution in [0.25, 0.3) is 0 Å². The first kappa shape index (κ1) is 63.4. The normalized spacial score (nSPS) is 8.39. The first-order valence-electron chi connectivity index (χ1n) is 15.9. The number of nitrogens with zero attached hydrogens (tertiary/aromatic N) is 1. The summed E-state index contributed by atoms with van der Waals surface area (Å²) < 4.78 is 19.0. The number of halogens is 2. The number of alkyl halides is 1. The number of aromatic hydroxyl groups is 1. The van der Waals surface area contributed by atoms with E-state index in [4.69, 9.17) is 39.4 Å². The SMILES string of the molecule is CCc1cc(OC)ccc1B(O)O.CCc1cc(OC)ccc1Br.CCc1cccc(O)c1.CCc1cccc(OC)c1.CI.O=CO[O-].[B]=NS.[H-].[K+].[K+]. The van der Waals surface area contributed by atoms with Gasteiger partial charge in [-0.05, 0) is 113 Å². The molecule has 4 aromatic rings. The zero-order valence-electron chi connectivity index (χ0n) is 34.1. The van der Waals surface area contributed by atoms with Gasteiger partial charge in [-0.15, -0.1) is 0 Å². The first-order valence-corrected chi connectivity index (χ1v) is 19.2. The Bertz CT molecular complexity index is 1490. The van der Waals surface area contributed by atoms with Gasteiger partial charge in [-0.25, -0.2) is 0 Å². The van der Waals surface area contributed by atoms with Crippen molar-refractivity contribution in [2.24, 2.45) is 4.30 Å². The Morgan fingerprint density at radius 3 is 1.56 bits per heavy atom. The molecule has 0 heterocycles. The first-order chi connectivity index (χ1) is 25.0. The van der Waals surface area contributed by atoms with Crippen LogP contribution in [0.1, 0.15) is 51.4 Å². The van der Waals surface area contributed by atoms with Crippen LogP contribution in [0.4, 0.5) is 0 Å². The minimum absolute atomic E-state index is 0. The van der Waals surface area contributed by atoms with Crippen molar-refractivity contribution in [2.75, 3.05) is 26.3 Å². The van der Waals surface area contributed by atoms with E-state index >= 15 is 0 Å². The van der Waals surface area contributed by atoms with Crippen molar-refractivity contribution in [3.8, 4) is 23.0 Å². The van der Waals surface area contributed by atoms with Crippen LogP contribution in [0.5, 0.6) is 23.0 Å². The van der Waals surface area contributed by atoms with Crippen molar-refractivity contribution < 1.29 is 149 Å². The zero-order chi connectivity index (χ0) is 40.3. The van der Waals surface area contributed by atoms with E-state index in [9.17, 15) is 0 Å². The number of rotatable bonds is 9. The van der Waals surface area contributed by atoms with Gasteiger partial charge in [-0.3, -0.25) is 4.79 Å². The second-order valence-electron chi connectivity index (χ2n) is 9.64. The van der Waals surface area contributed by atoms with Gasteiger partial charge in [0.05, 0.1) is 21.3 Å². The van der Waals surface area contributed by atoms with Crippen LogP contribution in [0.2, 0.25) is 0 Å². The van der Waals surface area contributed by atoms with Gasteiger partial charge in [0, 0.05) is 4.47 Å². The summed E-state index contributed by atoms with van der Waals surface area (Å²) in [5.74, 6) is 2.96. The molecular weight excluding hydrogens is 941 g/mol. The van der Waals surface area contributed by atoms with E-state index in [1.807, 2.05) is 60.4 Å². The molecular formula is C37H52B2BrIK2NO9S. The molecule has 0 saturated carbocycles. The molecule has 1 radical (unpaired) electrons. The second-order valence-corrected chi connectivity index (χ2v) is 10.7. The van der Waals surface area contributed by atoms with Crippen LogP contribution in [0, 0.1) is 0 Å². The number of hydrogen-bond donors (Lipinski definition) is 4. The number of phenols is 1. The fraction of sp³-hybridized carbons (Fsp3) is 0.324. The average molecular weight is 994 g/mol. The maximum atomic E-state index is 9.01. The van der Waals surface area contributed by atoms with Crippen molar-refractivity contribution in [3.05, 3.63) is 112 Å². The van der Waals surface area contributed by atoms with Gasteiger partial charge in [0.15, 0.2) is 0 Å². The van der Waals surface area contributed by atoms with E-state index < -0.39 is 7.12 Å². The number of ether oxygens (including phenoxy) is 3. The molecule has 0 aromatic heterocycles. The van der Waals surface area contributed by atoms with Crippen molar-refractivity contribution >= 4 is 78.0 Å². The number of aryl methyl sites for hydroxylation is 4. The number of carbonyl (C=O) groups is 1. The monoisotopic (exact) mass is 992 g/mol. The summed E-state index contributed by atoms with van der Waals surface area (Å²) in [5.41, 5.74) is 5.22. The van der Waals surface area contributed by atoms with Gasteiger partial charge in [-0.2, -0.15) is 0 Å². The summed E-state index contributed by atoms with van der Waals surface area (Å²) in [6.07, 6.45) is 3.83. The van der Waals surface area contributed by atoms with Crippen LogP contribution in [-0.4, -0.2) is 62.6 Å². The third-order valence-corrected chi connectivity index (χ3v) is 7.32. The number of benzene rings is 4. The Morgan fingerprint density at radius 2 is 1.19 bits per heavy atom. The molecule has 4 aromatic carbocycles. The Labute approximate surface area is 438 Å². The molecule has 0 fully saturated rings. The molecule has 3 N–H and O–H groups in total. The van der Waals surface area contributed by atoms with E-state index in [2.05, 4.69) is 101 Å². The van der Waals surface area contributed by atoms with Gasteiger partial charge < -0.3 is 40.9 Å². The largest absolute Gasteiger partial charge is 1.00 e. The van der Waals surface area contributed by atoms with Crippen LogP contribution >= 0.6 is 51.3 Å². The van der Waals surface area contributed by atoms with Crippen LogP contribution in [-0.2, 0) is 35.4 Å². The molecule has 0 amide bonds. The molecule has 17 heteroatoms. The van der Waals surface area contributed by atoms with Gasteiger partial charge in [0.1, 0.15) is 23.0 Å². The maximum absolute atomic E-state index is 9.01. The molecule has 54 heavy (non-hydrogen) atoms. The Morgan fingerprint density at radius 1 is 0.778 bits per heavy atom. The maximum Gasteiger partial charge on any atom is 1.00 e. The van der Waals surface area contributed by atoms with Crippen molar-refractivity contribution in [1.82, 2.24) is 0 Å². The summed E-state index contributed by atoms with van der Waals surface area (Å²) in [6.45, 7) is 8.10. The number of carbonyl (C=O) groups excluding carboxylic acids is 1. The van der Waals surface area contributed by atoms with Crippen molar-refractivity contribution in [2.45, 2.75) is 53.4 Å². The van der Waals surface area contributed by atoms with E-state index in [-0.39, 0.29) is 111 Å². The molecule has 0 spiro atoms. The van der Waals surface area contributed by atoms with Crippen molar-refractivity contribution in [3.63, 3.8) is 0 Å². The molecule has 0 unspecified atom stereocenters. The van der Waals surface area contributed by atoms with E-state index in [1.165, 1.54) is 16.7 Å². The summed E-state index contributed by atoms with van der Waals surface area (Å²) in [5, 5.41) is 35.4. The van der Waals surface area contributed by atoms with Gasteiger partial charge in [-0.1, -0.05) is 96.5 Å². The predicted octanol–water partition coefficient (Wildman–Crippen LogP) is 0.959. The molecule has 10 nitrogen and oxygen atoms in total. The van der Waals surface area contributed by atoms with Gasteiger partial charge >= 0.3 is 135 Å². The number of phenolic OH excluding ortho intramolecular Hbond substituents is 1. The topological polar surface area (TPSA) is 150 Å². The van der Waals surface area contributed by atoms with Crippen LogP contribution in [0.15, 0.2) is 93.7 Å².